The molecule has 0 aromatic heterocycles. The zero-order chi connectivity index (χ0) is 21.7. The van der Waals surface area contributed by atoms with E-state index in [1.54, 1.807) is 12.1 Å². The molecule has 0 N–H and O–H groups in total. The Labute approximate surface area is 181 Å². The molecule has 0 aliphatic heterocycles. The third-order valence-corrected chi connectivity index (χ3v) is 6.94. The largest absolute Gasteiger partial charge is 0.465 e. The van der Waals surface area contributed by atoms with E-state index in [0.29, 0.717) is 0 Å². The van der Waals surface area contributed by atoms with Crippen LogP contribution in [0.15, 0.2) is 60.7 Å². The quantitative estimate of drug-likeness (QED) is 0.302. The summed E-state index contributed by atoms with van der Waals surface area (Å²) in [6, 6.07) is 20.5. The van der Waals surface area contributed by atoms with E-state index in [2.05, 4.69) is 48.5 Å². The van der Waals surface area contributed by atoms with Gasteiger partial charge in [0.05, 0.1) is 25.3 Å². The number of ether oxygens (including phenoxy) is 2. The van der Waals surface area contributed by atoms with Crippen molar-refractivity contribution in [2.75, 3.05) is 14.2 Å². The van der Waals surface area contributed by atoms with E-state index in [4.69, 9.17) is 9.47 Å². The number of carbonyl (C=O) groups excluding carboxylic acids is 2. The van der Waals surface area contributed by atoms with Crippen molar-refractivity contribution in [1.82, 2.24) is 0 Å². The minimum absolute atomic E-state index is 0.230. The normalized spacial score (nSPS) is 12.3. The van der Waals surface area contributed by atoms with E-state index in [1.165, 1.54) is 57.3 Å². The second-order valence-corrected chi connectivity index (χ2v) is 8.27. The first-order valence-electron chi connectivity index (χ1n) is 10.4. The summed E-state index contributed by atoms with van der Waals surface area (Å²) in [5, 5.41) is 14.3. The van der Waals surface area contributed by atoms with Gasteiger partial charge < -0.3 is 9.47 Å². The number of benzene rings is 4. The molecule has 152 valence electrons. The highest BCUT2D eigenvalue weighted by Crippen LogP contribution is 2.56. The SMILES string of the molecule is COC(=O)c1cc2c(cc1C(=O)OC)c1c3c4ccccc4c3c3c4ccccc4c3c21. The lowest BCUT2D eigenvalue weighted by atomic mass is 9.75. The van der Waals surface area contributed by atoms with Crippen LogP contribution in [0, 0.1) is 0 Å². The van der Waals surface area contributed by atoms with Gasteiger partial charge in [-0.25, -0.2) is 9.59 Å². The Morgan fingerprint density at radius 3 is 1.06 bits per heavy atom. The van der Waals surface area contributed by atoms with E-state index in [9.17, 15) is 9.59 Å². The second kappa shape index (κ2) is 5.74. The zero-order valence-corrected chi connectivity index (χ0v) is 17.4. The van der Waals surface area contributed by atoms with E-state index in [-0.39, 0.29) is 11.1 Å². The topological polar surface area (TPSA) is 52.6 Å². The minimum atomic E-state index is -0.546. The van der Waals surface area contributed by atoms with E-state index in [0.717, 1.165) is 21.5 Å². The molecule has 4 nitrogen and oxygen atoms in total. The summed E-state index contributed by atoms with van der Waals surface area (Å²) < 4.78 is 9.91. The van der Waals surface area contributed by atoms with E-state index in [1.807, 2.05) is 0 Å². The number of methoxy groups -OCH3 is 2. The highest BCUT2D eigenvalue weighted by Gasteiger charge is 2.30. The van der Waals surface area contributed by atoms with Gasteiger partial charge in [0, 0.05) is 0 Å². The molecule has 7 rings (SSSR count). The lowest BCUT2D eigenvalue weighted by Gasteiger charge is -2.27. The molecule has 0 radical (unpaired) electrons. The molecule has 7 aromatic carbocycles. The highest BCUT2D eigenvalue weighted by atomic mass is 16.5. The fourth-order valence-corrected chi connectivity index (χ4v) is 5.59. The number of rotatable bonds is 2. The molecule has 7 aromatic rings. The summed E-state index contributed by atoms with van der Waals surface area (Å²) in [5.74, 6) is -1.09. The van der Waals surface area contributed by atoms with Crippen molar-refractivity contribution in [3.05, 3.63) is 71.8 Å². The van der Waals surface area contributed by atoms with Gasteiger partial charge >= 0.3 is 11.9 Å². The number of esters is 2. The summed E-state index contributed by atoms with van der Waals surface area (Å²) in [5.41, 5.74) is 0.460. The van der Waals surface area contributed by atoms with Crippen molar-refractivity contribution in [3.8, 4) is 0 Å². The molecule has 0 atom stereocenters. The van der Waals surface area contributed by atoms with Crippen LogP contribution >= 0.6 is 0 Å². The lowest BCUT2D eigenvalue weighted by molar-refractivity contribution is 0.0555. The Morgan fingerprint density at radius 2 is 0.781 bits per heavy atom. The van der Waals surface area contributed by atoms with Crippen molar-refractivity contribution in [2.24, 2.45) is 0 Å². The number of hydrogen-bond acceptors (Lipinski definition) is 4. The van der Waals surface area contributed by atoms with E-state index < -0.39 is 11.9 Å². The van der Waals surface area contributed by atoms with Gasteiger partial charge in [-0.05, 0) is 76.8 Å². The predicted molar refractivity (Wildman–Crippen MR) is 128 cm³/mol. The summed E-state index contributed by atoms with van der Waals surface area (Å²) >= 11 is 0. The minimum Gasteiger partial charge on any atom is -0.465 e. The van der Waals surface area contributed by atoms with Crippen molar-refractivity contribution in [2.45, 2.75) is 0 Å². The number of carbonyl (C=O) groups is 2. The van der Waals surface area contributed by atoms with E-state index >= 15 is 0 Å². The first kappa shape index (κ1) is 17.5. The molecule has 0 unspecified atom stereocenters. The standard InChI is InChI=1S/C28H16O4/c1-31-27(29)19-11-17-18(12-20(19)28(30)32-2)26-24-16-10-6-4-8-14(16)22(24)21-13-7-3-5-9-15(13)23(21)25(17)26/h3-12H,1-2H3. The van der Waals surface area contributed by atoms with Crippen LogP contribution in [0.1, 0.15) is 20.7 Å². The number of hydrogen-bond donors (Lipinski definition) is 0. The smallest absolute Gasteiger partial charge is 0.338 e. The van der Waals surface area contributed by atoms with Crippen LogP contribution in [-0.2, 0) is 9.47 Å². The summed E-state index contributed by atoms with van der Waals surface area (Å²) in [6.07, 6.45) is 0. The Balaban J connectivity index is 1.72. The first-order chi connectivity index (χ1) is 15.7. The van der Waals surface area contributed by atoms with Crippen LogP contribution in [0.25, 0.3) is 64.6 Å². The Kier molecular flexibility index (Phi) is 3.14. The zero-order valence-electron chi connectivity index (χ0n) is 17.4. The molecule has 0 heterocycles. The maximum absolute atomic E-state index is 12.5. The van der Waals surface area contributed by atoms with Gasteiger partial charge in [-0.1, -0.05) is 48.5 Å². The Bertz CT molecular complexity index is 1740. The lowest BCUT2D eigenvalue weighted by Crippen LogP contribution is -2.12. The summed E-state index contributed by atoms with van der Waals surface area (Å²) in [6.45, 7) is 0. The van der Waals surface area contributed by atoms with Gasteiger partial charge in [-0.3, -0.25) is 0 Å². The van der Waals surface area contributed by atoms with Crippen LogP contribution in [0.3, 0.4) is 0 Å². The maximum Gasteiger partial charge on any atom is 0.338 e. The van der Waals surface area contributed by atoms with Crippen LogP contribution < -0.4 is 0 Å². The van der Waals surface area contributed by atoms with Gasteiger partial charge in [0.25, 0.3) is 0 Å². The molecule has 4 heteroatoms. The molecule has 0 bridgehead atoms. The fourth-order valence-electron chi connectivity index (χ4n) is 5.59. The average Bonchev–Trinajstić information content (AvgIpc) is 2.82. The van der Waals surface area contributed by atoms with Crippen LogP contribution in [0.5, 0.6) is 0 Å². The van der Waals surface area contributed by atoms with Gasteiger partial charge in [0.15, 0.2) is 0 Å². The monoisotopic (exact) mass is 416 g/mol. The number of fused-ring (bicyclic) bond motifs is 15. The van der Waals surface area contributed by atoms with Crippen molar-refractivity contribution >= 4 is 76.6 Å². The van der Waals surface area contributed by atoms with Crippen LogP contribution in [-0.4, -0.2) is 26.2 Å². The van der Waals surface area contributed by atoms with Crippen LogP contribution in [0.2, 0.25) is 0 Å². The van der Waals surface area contributed by atoms with Gasteiger partial charge in [0.2, 0.25) is 0 Å². The maximum atomic E-state index is 12.5. The fraction of sp³-hybridized carbons (Fsp3) is 0.0714. The third kappa shape index (κ3) is 1.81. The van der Waals surface area contributed by atoms with Gasteiger partial charge in [0.1, 0.15) is 0 Å². The Hall–Kier alpha value is -4.18. The molecular formula is C28H16O4. The van der Waals surface area contributed by atoms with Crippen molar-refractivity contribution in [3.63, 3.8) is 0 Å². The first-order valence-corrected chi connectivity index (χ1v) is 10.4. The molecule has 0 spiro atoms. The second-order valence-electron chi connectivity index (χ2n) is 8.27. The molecule has 0 fully saturated rings. The predicted octanol–water partition coefficient (Wildman–Crippen LogP) is 6.49. The molecule has 0 aliphatic carbocycles. The van der Waals surface area contributed by atoms with Gasteiger partial charge in [-0.2, -0.15) is 0 Å². The molecule has 0 amide bonds. The molecule has 0 saturated heterocycles. The molecule has 0 saturated carbocycles. The van der Waals surface area contributed by atoms with Crippen LogP contribution in [0.4, 0.5) is 0 Å². The Morgan fingerprint density at radius 1 is 0.500 bits per heavy atom. The van der Waals surface area contributed by atoms with Crippen molar-refractivity contribution < 1.29 is 19.1 Å². The van der Waals surface area contributed by atoms with Crippen molar-refractivity contribution in [1.29, 1.82) is 0 Å². The third-order valence-electron chi connectivity index (χ3n) is 6.94. The molecule has 32 heavy (non-hydrogen) atoms. The van der Waals surface area contributed by atoms with Gasteiger partial charge in [-0.15, -0.1) is 0 Å². The molecular weight excluding hydrogens is 400 g/mol. The summed E-state index contributed by atoms with van der Waals surface area (Å²) in [7, 11) is 2.64. The summed E-state index contributed by atoms with van der Waals surface area (Å²) in [4.78, 5) is 25.0. The molecule has 0 aliphatic rings. The average molecular weight is 416 g/mol. The highest BCUT2D eigenvalue weighted by molar-refractivity contribution is 6.57.